The molecule has 0 spiro atoms. The van der Waals surface area contributed by atoms with Crippen molar-refractivity contribution in [3.05, 3.63) is 81.1 Å². The zero-order chi connectivity index (χ0) is 24.4. The Hall–Kier alpha value is -3.70. The molecule has 1 N–H and O–H groups in total. The Balaban J connectivity index is 1.22. The monoisotopic (exact) mass is 508 g/mol. The lowest BCUT2D eigenvalue weighted by atomic mass is 10.1. The minimum absolute atomic E-state index is 0.156. The zero-order valence-corrected chi connectivity index (χ0v) is 20.4. The van der Waals surface area contributed by atoms with E-state index in [-0.39, 0.29) is 17.8 Å². The number of carbonyl (C=O) groups excluding carboxylic acids is 2. The number of thiazole rings is 2. The molecule has 35 heavy (non-hydrogen) atoms. The van der Waals surface area contributed by atoms with Crippen LogP contribution in [0.3, 0.4) is 0 Å². The van der Waals surface area contributed by atoms with Crippen molar-refractivity contribution in [2.75, 3.05) is 18.0 Å². The predicted octanol–water partition coefficient (Wildman–Crippen LogP) is 4.48. The maximum absolute atomic E-state index is 13.1. The van der Waals surface area contributed by atoms with E-state index < -0.39 is 0 Å². The number of nitrogens with zero attached hydrogens (tertiary/aromatic N) is 5. The van der Waals surface area contributed by atoms with E-state index in [2.05, 4.69) is 20.3 Å². The Morgan fingerprint density at radius 1 is 1.14 bits per heavy atom. The normalized spacial score (nSPS) is 13.5. The van der Waals surface area contributed by atoms with E-state index in [0.717, 1.165) is 21.8 Å². The maximum atomic E-state index is 13.1. The summed E-state index contributed by atoms with van der Waals surface area (Å²) in [5.74, 6) is -0.515. The molecule has 1 saturated heterocycles. The molecule has 0 atom stereocenters. The van der Waals surface area contributed by atoms with Gasteiger partial charge in [-0.05, 0) is 42.8 Å². The molecule has 4 aromatic rings. The van der Waals surface area contributed by atoms with Gasteiger partial charge in [0.2, 0.25) is 0 Å². The van der Waals surface area contributed by atoms with Crippen LogP contribution in [0.25, 0.3) is 11.3 Å². The van der Waals surface area contributed by atoms with Gasteiger partial charge < -0.3 is 10.2 Å². The quantitative estimate of drug-likeness (QED) is 0.397. The average molecular weight is 509 g/mol. The van der Waals surface area contributed by atoms with Crippen molar-refractivity contribution in [3.63, 3.8) is 0 Å². The second-order valence-electron chi connectivity index (χ2n) is 7.93. The summed E-state index contributed by atoms with van der Waals surface area (Å²) in [4.78, 5) is 42.6. The number of amides is 3. The summed E-state index contributed by atoms with van der Waals surface area (Å²) in [6.45, 7) is 3.58. The van der Waals surface area contributed by atoms with Crippen molar-refractivity contribution in [2.45, 2.75) is 20.0 Å². The van der Waals surface area contributed by atoms with E-state index in [4.69, 9.17) is 0 Å². The summed E-state index contributed by atoms with van der Waals surface area (Å²) in [5, 5.41) is 6.06. The summed E-state index contributed by atoms with van der Waals surface area (Å²) in [6, 6.07) is 9.79. The fourth-order valence-electron chi connectivity index (χ4n) is 3.72. The summed E-state index contributed by atoms with van der Waals surface area (Å²) in [5.41, 5.74) is 3.05. The number of nitrogens with one attached hydrogen (secondary N) is 1. The number of aryl methyl sites for hydroxylation is 1. The third kappa shape index (κ3) is 5.05. The smallest absolute Gasteiger partial charge is 0.326 e. The van der Waals surface area contributed by atoms with Crippen LogP contribution in [0.15, 0.2) is 54.2 Å². The van der Waals surface area contributed by atoms with Gasteiger partial charge in [0.1, 0.15) is 15.7 Å². The van der Waals surface area contributed by atoms with Gasteiger partial charge in [0.15, 0.2) is 5.13 Å². The molecule has 5 rings (SSSR count). The van der Waals surface area contributed by atoms with Crippen LogP contribution >= 0.6 is 22.7 Å². The molecule has 3 aromatic heterocycles. The zero-order valence-electron chi connectivity index (χ0n) is 18.8. The fraction of sp³-hybridized carbons (Fsp3) is 0.208. The average Bonchev–Trinajstić information content (AvgIpc) is 3.60. The standard InChI is InChI=1S/C24H21FN6O2S2/c1-15-21(22(32)28-13-20-26-8-11-34-20)35-23(29-15)31-10-9-30(24(31)33)14-16-2-7-19(27-12-16)17-3-5-18(25)6-4-17/h2-8,11-12H,9-10,13-14H2,1H3,(H,28,32). The number of rotatable bonds is 7. The first kappa shape index (κ1) is 23.1. The van der Waals surface area contributed by atoms with Gasteiger partial charge in [-0.15, -0.1) is 11.3 Å². The molecular weight excluding hydrogens is 487 g/mol. The number of carbonyl (C=O) groups is 2. The fourth-order valence-corrected chi connectivity index (χ4v) is 5.28. The molecule has 0 radical (unpaired) electrons. The van der Waals surface area contributed by atoms with Crippen LogP contribution in [0.5, 0.6) is 0 Å². The molecule has 8 nitrogen and oxygen atoms in total. The van der Waals surface area contributed by atoms with Crippen molar-refractivity contribution in [1.29, 1.82) is 0 Å². The van der Waals surface area contributed by atoms with Gasteiger partial charge in [-0.2, -0.15) is 0 Å². The highest BCUT2D eigenvalue weighted by atomic mass is 32.1. The van der Waals surface area contributed by atoms with E-state index in [0.29, 0.717) is 41.9 Å². The number of hydrogen-bond donors (Lipinski definition) is 1. The highest BCUT2D eigenvalue weighted by Gasteiger charge is 2.32. The van der Waals surface area contributed by atoms with E-state index in [1.807, 2.05) is 17.5 Å². The van der Waals surface area contributed by atoms with E-state index in [9.17, 15) is 14.0 Å². The van der Waals surface area contributed by atoms with E-state index in [1.54, 1.807) is 41.2 Å². The van der Waals surface area contributed by atoms with Crippen LogP contribution in [0.4, 0.5) is 14.3 Å². The van der Waals surface area contributed by atoms with Gasteiger partial charge in [0, 0.05) is 43.0 Å². The first-order chi connectivity index (χ1) is 17.0. The van der Waals surface area contributed by atoms with Crippen LogP contribution < -0.4 is 10.2 Å². The van der Waals surface area contributed by atoms with Crippen molar-refractivity contribution in [2.24, 2.45) is 0 Å². The highest BCUT2D eigenvalue weighted by Crippen LogP contribution is 2.29. The third-order valence-corrected chi connectivity index (χ3v) is 7.50. The first-order valence-corrected chi connectivity index (χ1v) is 12.6. The van der Waals surface area contributed by atoms with Crippen molar-refractivity contribution < 1.29 is 14.0 Å². The van der Waals surface area contributed by atoms with Gasteiger partial charge >= 0.3 is 6.03 Å². The summed E-state index contributed by atoms with van der Waals surface area (Å²) >= 11 is 2.69. The second kappa shape index (κ2) is 9.88. The molecule has 0 unspecified atom stereocenters. The number of anilines is 1. The number of benzene rings is 1. The van der Waals surface area contributed by atoms with Crippen molar-refractivity contribution in [1.82, 2.24) is 25.2 Å². The summed E-state index contributed by atoms with van der Waals surface area (Å²) in [7, 11) is 0. The molecule has 0 saturated carbocycles. The molecule has 1 aliphatic rings. The molecule has 1 aliphatic heterocycles. The number of pyridine rings is 1. The highest BCUT2D eigenvalue weighted by molar-refractivity contribution is 7.17. The molecule has 178 valence electrons. The van der Waals surface area contributed by atoms with Crippen LogP contribution in [0, 0.1) is 12.7 Å². The van der Waals surface area contributed by atoms with Crippen LogP contribution in [-0.2, 0) is 13.1 Å². The van der Waals surface area contributed by atoms with Crippen LogP contribution in [-0.4, -0.2) is 44.9 Å². The first-order valence-electron chi connectivity index (χ1n) is 10.9. The third-order valence-electron chi connectivity index (χ3n) is 5.54. The Morgan fingerprint density at radius 3 is 2.69 bits per heavy atom. The molecule has 4 heterocycles. The largest absolute Gasteiger partial charge is 0.345 e. The topological polar surface area (TPSA) is 91.3 Å². The lowest BCUT2D eigenvalue weighted by Crippen LogP contribution is -2.31. The lowest BCUT2D eigenvalue weighted by molar-refractivity contribution is 0.0954. The number of hydrogen-bond acceptors (Lipinski definition) is 7. The molecule has 0 bridgehead atoms. The minimum atomic E-state index is -0.290. The van der Waals surface area contributed by atoms with Crippen molar-refractivity contribution in [3.8, 4) is 11.3 Å². The van der Waals surface area contributed by atoms with Gasteiger partial charge in [0.25, 0.3) is 5.91 Å². The summed E-state index contributed by atoms with van der Waals surface area (Å²) < 4.78 is 13.1. The maximum Gasteiger partial charge on any atom is 0.326 e. The molecule has 11 heteroatoms. The second-order valence-corrected chi connectivity index (χ2v) is 9.89. The lowest BCUT2D eigenvalue weighted by Gasteiger charge is -2.17. The number of halogens is 1. The number of urea groups is 1. The molecule has 3 amide bonds. The Morgan fingerprint density at radius 2 is 1.97 bits per heavy atom. The molecule has 1 aromatic carbocycles. The van der Waals surface area contributed by atoms with E-state index >= 15 is 0 Å². The SMILES string of the molecule is Cc1nc(N2CCN(Cc3ccc(-c4ccc(F)cc4)nc3)C2=O)sc1C(=O)NCc1nccs1. The van der Waals surface area contributed by atoms with Gasteiger partial charge in [-0.3, -0.25) is 14.7 Å². The Kier molecular flexibility index (Phi) is 6.51. The predicted molar refractivity (Wildman–Crippen MR) is 133 cm³/mol. The van der Waals surface area contributed by atoms with E-state index in [1.165, 1.54) is 34.8 Å². The molecule has 0 aliphatic carbocycles. The number of aromatic nitrogens is 3. The Labute approximate surface area is 209 Å². The van der Waals surface area contributed by atoms with Gasteiger partial charge in [-0.25, -0.2) is 19.2 Å². The van der Waals surface area contributed by atoms with Crippen molar-refractivity contribution >= 4 is 39.7 Å². The van der Waals surface area contributed by atoms with Crippen LogP contribution in [0.1, 0.15) is 25.9 Å². The van der Waals surface area contributed by atoms with Crippen LogP contribution in [0.2, 0.25) is 0 Å². The summed E-state index contributed by atoms with van der Waals surface area (Å²) in [6.07, 6.45) is 3.43. The van der Waals surface area contributed by atoms with Gasteiger partial charge in [-0.1, -0.05) is 17.4 Å². The Bertz CT molecular complexity index is 1340. The molecule has 1 fully saturated rings. The minimum Gasteiger partial charge on any atom is -0.345 e. The molecular formula is C24H21FN6O2S2. The van der Waals surface area contributed by atoms with Gasteiger partial charge in [0.05, 0.1) is 17.9 Å².